The van der Waals surface area contributed by atoms with Crippen LogP contribution >= 0.6 is 23.1 Å². The van der Waals surface area contributed by atoms with Crippen LogP contribution in [0.25, 0.3) is 10.2 Å². The van der Waals surface area contributed by atoms with Crippen molar-refractivity contribution in [2.75, 3.05) is 18.6 Å². The summed E-state index contributed by atoms with van der Waals surface area (Å²) in [5, 5.41) is 0. The Bertz CT molecular complexity index is 1310. The number of rotatable bonds is 6. The van der Waals surface area contributed by atoms with Crippen molar-refractivity contribution >= 4 is 49.2 Å². The molecule has 0 saturated carbocycles. The smallest absolute Gasteiger partial charge is 0.266 e. The molecule has 32 heavy (non-hydrogen) atoms. The second-order valence-corrected chi connectivity index (χ2v) is 11.9. The molecule has 1 atom stereocenters. The van der Waals surface area contributed by atoms with E-state index in [1.54, 1.807) is 36.0 Å². The molecule has 1 aliphatic heterocycles. The fourth-order valence-corrected chi connectivity index (χ4v) is 7.13. The molecular weight excluding hydrogens is 462 g/mol. The summed E-state index contributed by atoms with van der Waals surface area (Å²) in [6, 6.07) is 12.2. The van der Waals surface area contributed by atoms with Crippen LogP contribution in [-0.2, 0) is 21.4 Å². The molecule has 2 aromatic carbocycles. The number of fused-ring (bicyclic) bond motifs is 1. The number of sulfonamides is 1. The van der Waals surface area contributed by atoms with E-state index in [-0.39, 0.29) is 10.8 Å². The molecule has 0 aliphatic carbocycles. The van der Waals surface area contributed by atoms with Gasteiger partial charge in [0.05, 0.1) is 15.1 Å². The zero-order valence-corrected chi connectivity index (χ0v) is 20.9. The number of nitrogens with zero attached hydrogens (tertiary/aromatic N) is 3. The molecule has 1 unspecified atom stereocenters. The topological polar surface area (TPSA) is 71.7 Å². The van der Waals surface area contributed by atoms with Gasteiger partial charge in [-0.1, -0.05) is 35.1 Å². The average molecular weight is 490 g/mol. The number of aryl methyl sites for hydroxylation is 3. The second kappa shape index (κ2) is 9.51. The predicted octanol–water partition coefficient (Wildman–Crippen LogP) is 3.96. The summed E-state index contributed by atoms with van der Waals surface area (Å²) < 4.78 is 30.9. The number of thioether (sulfide) groups is 1. The monoisotopic (exact) mass is 489 g/mol. The summed E-state index contributed by atoms with van der Waals surface area (Å²) in [7, 11) is -3.75. The minimum atomic E-state index is -3.75. The van der Waals surface area contributed by atoms with Crippen LogP contribution in [0.1, 0.15) is 24.0 Å². The standard InChI is InChI=1S/C23H27N3O3S3/c1-16-6-9-18(10-7-16)32(28,29)26-12-4-5-20(26)22(27)24-23-25(13-14-30-3)19-11-8-17(2)15-21(19)31-23/h6-11,15,20H,4-5,12-14H2,1-3H3. The number of aromatic nitrogens is 1. The van der Waals surface area contributed by atoms with Crippen LogP contribution in [0.4, 0.5) is 0 Å². The second-order valence-electron chi connectivity index (χ2n) is 8.04. The fourth-order valence-electron chi connectivity index (χ4n) is 3.95. The first-order valence-corrected chi connectivity index (χ1v) is 14.2. The van der Waals surface area contributed by atoms with Crippen LogP contribution in [0.2, 0.25) is 0 Å². The van der Waals surface area contributed by atoms with Crippen molar-refractivity contribution in [3.63, 3.8) is 0 Å². The van der Waals surface area contributed by atoms with Gasteiger partial charge in [-0.15, -0.1) is 0 Å². The van der Waals surface area contributed by atoms with E-state index < -0.39 is 16.1 Å². The third kappa shape index (κ3) is 4.57. The Balaban J connectivity index is 1.71. The van der Waals surface area contributed by atoms with E-state index in [0.717, 1.165) is 33.6 Å². The van der Waals surface area contributed by atoms with Gasteiger partial charge in [0, 0.05) is 18.8 Å². The molecule has 1 aromatic heterocycles. The molecule has 0 spiro atoms. The number of amides is 1. The lowest BCUT2D eigenvalue weighted by molar-refractivity contribution is -0.121. The Morgan fingerprint density at radius 3 is 2.59 bits per heavy atom. The maximum atomic E-state index is 13.2. The molecule has 1 amide bonds. The van der Waals surface area contributed by atoms with E-state index in [4.69, 9.17) is 0 Å². The molecule has 9 heteroatoms. The normalized spacial score (nSPS) is 18.0. The maximum Gasteiger partial charge on any atom is 0.266 e. The largest absolute Gasteiger partial charge is 0.316 e. The lowest BCUT2D eigenvalue weighted by atomic mass is 10.2. The summed E-state index contributed by atoms with van der Waals surface area (Å²) in [6.45, 7) is 5.03. The number of hydrogen-bond acceptors (Lipinski definition) is 5. The van der Waals surface area contributed by atoms with Crippen molar-refractivity contribution < 1.29 is 13.2 Å². The zero-order chi connectivity index (χ0) is 22.9. The summed E-state index contributed by atoms with van der Waals surface area (Å²) in [5.41, 5.74) is 3.19. The average Bonchev–Trinajstić information content (AvgIpc) is 3.37. The minimum absolute atomic E-state index is 0.218. The zero-order valence-electron chi connectivity index (χ0n) is 18.4. The summed E-state index contributed by atoms with van der Waals surface area (Å²) in [5.74, 6) is 0.512. The Kier molecular flexibility index (Phi) is 6.90. The number of thiazole rings is 1. The lowest BCUT2D eigenvalue weighted by Gasteiger charge is -2.21. The van der Waals surface area contributed by atoms with Gasteiger partial charge in [-0.3, -0.25) is 4.79 Å². The van der Waals surface area contributed by atoms with E-state index in [2.05, 4.69) is 27.8 Å². The molecule has 6 nitrogen and oxygen atoms in total. The molecule has 2 heterocycles. The van der Waals surface area contributed by atoms with Gasteiger partial charge in [0.25, 0.3) is 5.91 Å². The maximum absolute atomic E-state index is 13.2. The minimum Gasteiger partial charge on any atom is -0.316 e. The van der Waals surface area contributed by atoms with E-state index in [1.165, 1.54) is 15.6 Å². The molecule has 1 aliphatic rings. The highest BCUT2D eigenvalue weighted by atomic mass is 32.2. The quantitative estimate of drug-likeness (QED) is 0.525. The van der Waals surface area contributed by atoms with Gasteiger partial charge in [0.2, 0.25) is 10.0 Å². The summed E-state index contributed by atoms with van der Waals surface area (Å²) >= 11 is 3.22. The molecular formula is C23H27N3O3S3. The molecule has 3 aromatic rings. The van der Waals surface area contributed by atoms with E-state index in [1.807, 2.05) is 20.1 Å². The Hall–Kier alpha value is -1.94. The SMILES string of the molecule is CSCCn1c(=NC(=O)C2CCCN2S(=O)(=O)c2ccc(C)cc2)sc2cc(C)ccc21. The molecule has 0 N–H and O–H groups in total. The number of carbonyl (C=O) groups excluding carboxylic acids is 1. The Labute approximate surface area is 197 Å². The summed E-state index contributed by atoms with van der Waals surface area (Å²) in [6.07, 6.45) is 3.19. The highest BCUT2D eigenvalue weighted by Gasteiger charge is 2.39. The lowest BCUT2D eigenvalue weighted by Crippen LogP contribution is -2.40. The van der Waals surface area contributed by atoms with Crippen LogP contribution in [0.3, 0.4) is 0 Å². The van der Waals surface area contributed by atoms with Gasteiger partial charge in [-0.25, -0.2) is 8.42 Å². The number of benzene rings is 2. The van der Waals surface area contributed by atoms with Crippen LogP contribution in [-0.4, -0.2) is 47.8 Å². The summed E-state index contributed by atoms with van der Waals surface area (Å²) in [4.78, 5) is 18.5. The Morgan fingerprint density at radius 2 is 1.88 bits per heavy atom. The van der Waals surface area contributed by atoms with Gasteiger partial charge in [0.15, 0.2) is 4.80 Å². The predicted molar refractivity (Wildman–Crippen MR) is 132 cm³/mol. The van der Waals surface area contributed by atoms with Crippen molar-refractivity contribution in [3.8, 4) is 0 Å². The third-order valence-corrected chi connectivity index (χ3v) is 9.23. The molecule has 1 saturated heterocycles. The van der Waals surface area contributed by atoms with Gasteiger partial charge in [-0.05, 0) is 62.8 Å². The molecule has 1 fully saturated rings. The van der Waals surface area contributed by atoms with E-state index >= 15 is 0 Å². The number of carbonyl (C=O) groups is 1. The van der Waals surface area contributed by atoms with Crippen LogP contribution < -0.4 is 4.80 Å². The first-order valence-electron chi connectivity index (χ1n) is 10.6. The van der Waals surface area contributed by atoms with Gasteiger partial charge >= 0.3 is 0 Å². The molecule has 4 rings (SSSR count). The van der Waals surface area contributed by atoms with Crippen LogP contribution in [0, 0.1) is 13.8 Å². The van der Waals surface area contributed by atoms with Crippen molar-refractivity contribution in [2.24, 2.45) is 4.99 Å². The van der Waals surface area contributed by atoms with E-state index in [0.29, 0.717) is 24.2 Å². The fraction of sp³-hybridized carbons (Fsp3) is 0.391. The van der Waals surface area contributed by atoms with E-state index in [9.17, 15) is 13.2 Å². The van der Waals surface area contributed by atoms with Crippen molar-refractivity contribution in [3.05, 3.63) is 58.4 Å². The van der Waals surface area contributed by atoms with Crippen LogP contribution in [0.5, 0.6) is 0 Å². The highest BCUT2D eigenvalue weighted by Crippen LogP contribution is 2.27. The first kappa shape index (κ1) is 23.2. The van der Waals surface area contributed by atoms with Gasteiger partial charge in [-0.2, -0.15) is 21.1 Å². The molecule has 0 bridgehead atoms. The Morgan fingerprint density at radius 1 is 1.16 bits per heavy atom. The highest BCUT2D eigenvalue weighted by molar-refractivity contribution is 7.98. The van der Waals surface area contributed by atoms with Crippen molar-refractivity contribution in [2.45, 2.75) is 44.2 Å². The third-order valence-electron chi connectivity index (χ3n) is 5.68. The molecule has 170 valence electrons. The first-order chi connectivity index (χ1) is 15.3. The van der Waals surface area contributed by atoms with Gasteiger partial charge < -0.3 is 4.57 Å². The molecule has 0 radical (unpaired) electrons. The van der Waals surface area contributed by atoms with Crippen molar-refractivity contribution in [1.29, 1.82) is 0 Å². The van der Waals surface area contributed by atoms with Crippen LogP contribution in [0.15, 0.2) is 52.4 Å². The number of hydrogen-bond donors (Lipinski definition) is 0. The van der Waals surface area contributed by atoms with Gasteiger partial charge in [0.1, 0.15) is 6.04 Å². The van der Waals surface area contributed by atoms with Crippen molar-refractivity contribution in [1.82, 2.24) is 8.87 Å².